The number of hydrogen-bond donors (Lipinski definition) is 0. The van der Waals surface area contributed by atoms with Crippen molar-refractivity contribution in [2.24, 2.45) is 0 Å². The zero-order chi connectivity index (χ0) is 16.8. The van der Waals surface area contributed by atoms with Crippen LogP contribution in [0.15, 0.2) is 42.5 Å². The first-order valence-corrected chi connectivity index (χ1v) is 7.17. The summed E-state index contributed by atoms with van der Waals surface area (Å²) in [6, 6.07) is 11.6. The second kappa shape index (κ2) is 7.40. The predicted octanol–water partition coefficient (Wildman–Crippen LogP) is 3.45. The summed E-state index contributed by atoms with van der Waals surface area (Å²) in [6.07, 6.45) is 0.798. The fourth-order valence-corrected chi connectivity index (χ4v) is 2.13. The molecule has 0 radical (unpaired) electrons. The third-order valence-electron chi connectivity index (χ3n) is 3.30. The highest BCUT2D eigenvalue weighted by Gasteiger charge is 2.13. The number of nitrogens with zero attached hydrogens (tertiary/aromatic N) is 1. The molecule has 0 aromatic heterocycles. The lowest BCUT2D eigenvalue weighted by Gasteiger charge is -2.10. The SMILES string of the molecule is CCc1ccccc1OCC(=O)Oc1ccc([N+](=O)[O-])c(C)c1. The minimum Gasteiger partial charge on any atom is -0.482 e. The number of carbonyl (C=O) groups is 1. The lowest BCUT2D eigenvalue weighted by atomic mass is 10.1. The van der Waals surface area contributed by atoms with Gasteiger partial charge >= 0.3 is 5.97 Å². The van der Waals surface area contributed by atoms with Gasteiger partial charge in [-0.15, -0.1) is 0 Å². The van der Waals surface area contributed by atoms with Crippen LogP contribution in [0, 0.1) is 17.0 Å². The normalized spacial score (nSPS) is 10.2. The number of para-hydroxylation sites is 1. The van der Waals surface area contributed by atoms with Crippen molar-refractivity contribution in [2.45, 2.75) is 20.3 Å². The number of nitro groups is 1. The van der Waals surface area contributed by atoms with Crippen molar-refractivity contribution in [1.82, 2.24) is 0 Å². The van der Waals surface area contributed by atoms with Crippen molar-refractivity contribution in [3.05, 3.63) is 63.7 Å². The molecule has 0 amide bonds. The molecule has 0 saturated carbocycles. The molecule has 23 heavy (non-hydrogen) atoms. The Hall–Kier alpha value is -2.89. The van der Waals surface area contributed by atoms with E-state index in [0.29, 0.717) is 11.3 Å². The summed E-state index contributed by atoms with van der Waals surface area (Å²) >= 11 is 0. The van der Waals surface area contributed by atoms with E-state index in [4.69, 9.17) is 9.47 Å². The molecule has 0 fully saturated rings. The summed E-state index contributed by atoms with van der Waals surface area (Å²) in [5, 5.41) is 10.8. The number of carbonyl (C=O) groups excluding carboxylic acids is 1. The van der Waals surface area contributed by atoms with Gasteiger partial charge in [-0.2, -0.15) is 0 Å². The highest BCUT2D eigenvalue weighted by Crippen LogP contribution is 2.23. The van der Waals surface area contributed by atoms with Crippen molar-refractivity contribution in [2.75, 3.05) is 6.61 Å². The minimum absolute atomic E-state index is 0.0158. The molecule has 0 N–H and O–H groups in total. The molecule has 0 aliphatic heterocycles. The van der Waals surface area contributed by atoms with Crippen LogP contribution < -0.4 is 9.47 Å². The van der Waals surface area contributed by atoms with Crippen molar-refractivity contribution >= 4 is 11.7 Å². The Morgan fingerprint density at radius 2 is 1.96 bits per heavy atom. The quantitative estimate of drug-likeness (QED) is 0.353. The number of ether oxygens (including phenoxy) is 2. The van der Waals surface area contributed by atoms with Gasteiger partial charge in [0, 0.05) is 11.6 Å². The first kappa shape index (κ1) is 16.5. The van der Waals surface area contributed by atoms with Gasteiger partial charge < -0.3 is 9.47 Å². The Morgan fingerprint density at radius 3 is 2.61 bits per heavy atom. The molecule has 120 valence electrons. The molecule has 0 spiro atoms. The van der Waals surface area contributed by atoms with Crippen molar-refractivity contribution < 1.29 is 19.2 Å². The maximum atomic E-state index is 11.8. The van der Waals surface area contributed by atoms with Gasteiger partial charge in [0.15, 0.2) is 6.61 Å². The Labute approximate surface area is 133 Å². The van der Waals surface area contributed by atoms with Gasteiger partial charge in [-0.1, -0.05) is 25.1 Å². The minimum atomic E-state index is -0.566. The maximum Gasteiger partial charge on any atom is 0.349 e. The average Bonchev–Trinajstić information content (AvgIpc) is 2.53. The van der Waals surface area contributed by atoms with Crippen LogP contribution in [0.1, 0.15) is 18.1 Å². The first-order chi connectivity index (χ1) is 11.0. The number of rotatable bonds is 6. The number of hydrogen-bond acceptors (Lipinski definition) is 5. The van der Waals surface area contributed by atoms with Crippen LogP contribution in [0.4, 0.5) is 5.69 Å². The number of benzene rings is 2. The zero-order valence-electron chi connectivity index (χ0n) is 12.9. The van der Waals surface area contributed by atoms with Gasteiger partial charge in [0.25, 0.3) is 5.69 Å². The molecule has 6 nitrogen and oxygen atoms in total. The second-order valence-electron chi connectivity index (χ2n) is 4.93. The monoisotopic (exact) mass is 315 g/mol. The molecule has 0 aliphatic rings. The number of nitro benzene ring substituents is 1. The smallest absolute Gasteiger partial charge is 0.349 e. The van der Waals surface area contributed by atoms with E-state index in [1.807, 2.05) is 25.1 Å². The van der Waals surface area contributed by atoms with E-state index in [9.17, 15) is 14.9 Å². The largest absolute Gasteiger partial charge is 0.482 e. The lowest BCUT2D eigenvalue weighted by Crippen LogP contribution is -2.18. The summed E-state index contributed by atoms with van der Waals surface area (Å²) in [7, 11) is 0. The number of esters is 1. The van der Waals surface area contributed by atoms with Crippen LogP contribution in [0.5, 0.6) is 11.5 Å². The molecule has 2 aromatic rings. The van der Waals surface area contributed by atoms with Gasteiger partial charge in [0.2, 0.25) is 0 Å². The van der Waals surface area contributed by atoms with E-state index < -0.39 is 10.9 Å². The standard InChI is InChI=1S/C17H17NO5/c1-3-13-6-4-5-7-16(13)22-11-17(19)23-14-8-9-15(18(20)21)12(2)10-14/h4-10H,3,11H2,1-2H3. The van der Waals surface area contributed by atoms with E-state index in [0.717, 1.165) is 12.0 Å². The van der Waals surface area contributed by atoms with Gasteiger partial charge in [-0.25, -0.2) is 4.79 Å². The molecule has 0 heterocycles. The summed E-state index contributed by atoms with van der Waals surface area (Å²) < 4.78 is 10.6. The fourth-order valence-electron chi connectivity index (χ4n) is 2.13. The predicted molar refractivity (Wildman–Crippen MR) is 84.8 cm³/mol. The van der Waals surface area contributed by atoms with Crippen molar-refractivity contribution in [3.8, 4) is 11.5 Å². The molecule has 0 saturated heterocycles. The highest BCUT2D eigenvalue weighted by molar-refractivity contribution is 5.74. The summed E-state index contributed by atoms with van der Waals surface area (Å²) in [5.41, 5.74) is 1.42. The van der Waals surface area contributed by atoms with Gasteiger partial charge in [-0.3, -0.25) is 10.1 Å². The van der Waals surface area contributed by atoms with Crippen LogP contribution in [-0.4, -0.2) is 17.5 Å². The Balaban J connectivity index is 1.97. The molecular weight excluding hydrogens is 298 g/mol. The Kier molecular flexibility index (Phi) is 5.30. The summed E-state index contributed by atoms with van der Waals surface area (Å²) in [4.78, 5) is 22.1. The van der Waals surface area contributed by atoms with E-state index in [1.165, 1.54) is 18.2 Å². The van der Waals surface area contributed by atoms with E-state index in [-0.39, 0.29) is 18.0 Å². The van der Waals surface area contributed by atoms with E-state index in [1.54, 1.807) is 13.0 Å². The van der Waals surface area contributed by atoms with Crippen molar-refractivity contribution in [3.63, 3.8) is 0 Å². The Bertz CT molecular complexity index is 727. The van der Waals surface area contributed by atoms with Crippen LogP contribution in [0.25, 0.3) is 0 Å². The molecule has 2 aromatic carbocycles. The lowest BCUT2D eigenvalue weighted by molar-refractivity contribution is -0.385. The fraction of sp³-hybridized carbons (Fsp3) is 0.235. The number of aryl methyl sites for hydroxylation is 2. The van der Waals surface area contributed by atoms with Crippen LogP contribution in [-0.2, 0) is 11.2 Å². The zero-order valence-corrected chi connectivity index (χ0v) is 12.9. The third kappa shape index (κ3) is 4.29. The van der Waals surface area contributed by atoms with Gasteiger partial charge in [-0.05, 0) is 37.1 Å². The highest BCUT2D eigenvalue weighted by atomic mass is 16.6. The molecule has 2 rings (SSSR count). The third-order valence-corrected chi connectivity index (χ3v) is 3.30. The van der Waals surface area contributed by atoms with Crippen molar-refractivity contribution in [1.29, 1.82) is 0 Å². The van der Waals surface area contributed by atoms with Gasteiger partial charge in [0.05, 0.1) is 4.92 Å². The molecule has 0 bridgehead atoms. The van der Waals surface area contributed by atoms with E-state index >= 15 is 0 Å². The van der Waals surface area contributed by atoms with Crippen LogP contribution in [0.2, 0.25) is 0 Å². The summed E-state index contributed by atoms with van der Waals surface area (Å²) in [5.74, 6) is 0.335. The summed E-state index contributed by atoms with van der Waals surface area (Å²) in [6.45, 7) is 3.36. The second-order valence-corrected chi connectivity index (χ2v) is 4.93. The molecular formula is C17H17NO5. The maximum absolute atomic E-state index is 11.8. The molecule has 0 unspecified atom stereocenters. The van der Waals surface area contributed by atoms with E-state index in [2.05, 4.69) is 0 Å². The molecule has 0 atom stereocenters. The Morgan fingerprint density at radius 1 is 1.22 bits per heavy atom. The van der Waals surface area contributed by atoms with Crippen LogP contribution in [0.3, 0.4) is 0 Å². The first-order valence-electron chi connectivity index (χ1n) is 7.17. The van der Waals surface area contributed by atoms with Crippen LogP contribution >= 0.6 is 0 Å². The molecule has 0 aliphatic carbocycles. The van der Waals surface area contributed by atoms with Gasteiger partial charge in [0.1, 0.15) is 11.5 Å². The average molecular weight is 315 g/mol. The topological polar surface area (TPSA) is 78.7 Å². The molecule has 6 heteroatoms.